The number of urea groups is 1. The van der Waals surface area contributed by atoms with E-state index in [0.29, 0.717) is 11.6 Å². The molecule has 0 aliphatic rings. The van der Waals surface area contributed by atoms with E-state index in [9.17, 15) is 4.79 Å². The number of nitrogens with zero attached hydrogens (tertiary/aromatic N) is 5. The van der Waals surface area contributed by atoms with Crippen molar-refractivity contribution < 1.29 is 14.1 Å². The monoisotopic (exact) mass is 281 g/mol. The number of aromatic nitrogens is 5. The van der Waals surface area contributed by atoms with Crippen LogP contribution in [-0.2, 0) is 24.9 Å². The maximum Gasteiger partial charge on any atom is 0.322 e. The third kappa shape index (κ3) is 3.51. The van der Waals surface area contributed by atoms with Crippen LogP contribution in [0, 0.1) is 6.92 Å². The molecule has 2 aromatic rings. The molecule has 10 heteroatoms. The molecule has 10 nitrogen and oxygen atoms in total. The highest BCUT2D eigenvalue weighted by atomic mass is 16.5. The second kappa shape index (κ2) is 6.10. The first-order valence-electron chi connectivity index (χ1n) is 5.81. The van der Waals surface area contributed by atoms with Crippen LogP contribution in [0.25, 0.3) is 0 Å². The number of methoxy groups -OCH3 is 1. The number of hydrogen-bond donors (Lipinski definition) is 2. The molecule has 0 saturated heterocycles. The number of aryl methyl sites for hydroxylation is 2. The smallest absolute Gasteiger partial charge is 0.322 e. The molecule has 0 aliphatic heterocycles. The van der Waals surface area contributed by atoms with Gasteiger partial charge in [0.2, 0.25) is 11.8 Å². The number of amides is 2. The predicted octanol–water partition coefficient (Wildman–Crippen LogP) is -0.0254. The summed E-state index contributed by atoms with van der Waals surface area (Å²) < 4.78 is 11.3. The van der Waals surface area contributed by atoms with E-state index in [1.807, 2.05) is 0 Å². The van der Waals surface area contributed by atoms with Gasteiger partial charge in [-0.3, -0.25) is 10.00 Å². The lowest BCUT2D eigenvalue weighted by molar-refractivity contribution is 0.174. The Morgan fingerprint density at radius 1 is 1.45 bits per heavy atom. The standard InChI is InChI=1S/C10H15N7O3/c1-6-12-9(15-17(6)2)14-10(18)11-4-8-13-7(5-19-3)16-20-8/h4-5H2,1-3H3,(H2,11,14,15,18). The first-order chi connectivity index (χ1) is 9.58. The third-order valence-corrected chi connectivity index (χ3v) is 2.39. The van der Waals surface area contributed by atoms with Crippen LogP contribution in [0.2, 0.25) is 0 Å². The fourth-order valence-corrected chi connectivity index (χ4v) is 1.37. The van der Waals surface area contributed by atoms with E-state index < -0.39 is 6.03 Å². The highest BCUT2D eigenvalue weighted by Crippen LogP contribution is 2.01. The van der Waals surface area contributed by atoms with E-state index in [1.54, 1.807) is 18.7 Å². The van der Waals surface area contributed by atoms with Crippen LogP contribution in [0.5, 0.6) is 0 Å². The Morgan fingerprint density at radius 2 is 2.25 bits per heavy atom. The van der Waals surface area contributed by atoms with Gasteiger partial charge in [0.15, 0.2) is 5.82 Å². The summed E-state index contributed by atoms with van der Waals surface area (Å²) >= 11 is 0. The Balaban J connectivity index is 1.82. The average Bonchev–Trinajstić information content (AvgIpc) is 2.95. The molecule has 2 N–H and O–H groups in total. The topological polar surface area (TPSA) is 120 Å². The normalized spacial score (nSPS) is 10.6. The molecule has 0 fully saturated rings. The number of hydrogen-bond acceptors (Lipinski definition) is 7. The fraction of sp³-hybridized carbons (Fsp3) is 0.500. The van der Waals surface area contributed by atoms with Crippen molar-refractivity contribution in [2.45, 2.75) is 20.1 Å². The Bertz CT molecular complexity index is 572. The Hall–Kier alpha value is -2.49. The van der Waals surface area contributed by atoms with Crippen LogP contribution in [0.1, 0.15) is 17.5 Å². The summed E-state index contributed by atoms with van der Waals surface area (Å²) in [6.07, 6.45) is 0. The first-order valence-corrected chi connectivity index (χ1v) is 5.81. The fourth-order valence-electron chi connectivity index (χ4n) is 1.37. The van der Waals surface area contributed by atoms with Crippen molar-refractivity contribution in [2.24, 2.45) is 7.05 Å². The van der Waals surface area contributed by atoms with Crippen molar-refractivity contribution in [1.82, 2.24) is 30.2 Å². The summed E-state index contributed by atoms with van der Waals surface area (Å²) in [5.74, 6) is 1.64. The van der Waals surface area contributed by atoms with Crippen molar-refractivity contribution in [3.05, 3.63) is 17.5 Å². The number of carbonyl (C=O) groups excluding carboxylic acids is 1. The summed E-state index contributed by atoms with van der Waals surface area (Å²) in [6.45, 7) is 2.15. The zero-order valence-corrected chi connectivity index (χ0v) is 11.4. The van der Waals surface area contributed by atoms with Gasteiger partial charge < -0.3 is 14.6 Å². The van der Waals surface area contributed by atoms with Gasteiger partial charge in [-0.05, 0) is 6.92 Å². The second-order valence-corrected chi connectivity index (χ2v) is 3.95. The van der Waals surface area contributed by atoms with Crippen LogP contribution in [0.3, 0.4) is 0 Å². The maximum absolute atomic E-state index is 11.6. The molecule has 2 aromatic heterocycles. The minimum atomic E-state index is -0.456. The van der Waals surface area contributed by atoms with Crippen molar-refractivity contribution in [1.29, 1.82) is 0 Å². The lowest BCUT2D eigenvalue weighted by Crippen LogP contribution is -2.28. The quantitative estimate of drug-likeness (QED) is 0.789. The van der Waals surface area contributed by atoms with Crippen LogP contribution in [0.15, 0.2) is 4.52 Å². The third-order valence-electron chi connectivity index (χ3n) is 2.39. The second-order valence-electron chi connectivity index (χ2n) is 3.95. The number of ether oxygens (including phenoxy) is 1. The van der Waals surface area contributed by atoms with Crippen LogP contribution < -0.4 is 10.6 Å². The number of rotatable bonds is 5. The lowest BCUT2D eigenvalue weighted by Gasteiger charge is -2.01. The maximum atomic E-state index is 11.6. The summed E-state index contributed by atoms with van der Waals surface area (Å²) in [7, 11) is 3.27. The summed E-state index contributed by atoms with van der Waals surface area (Å²) in [4.78, 5) is 19.7. The van der Waals surface area contributed by atoms with Gasteiger partial charge in [0.25, 0.3) is 0 Å². The molecule has 0 unspecified atom stereocenters. The molecule has 0 aromatic carbocycles. The number of carbonyl (C=O) groups is 1. The van der Waals surface area contributed by atoms with Gasteiger partial charge in [-0.2, -0.15) is 9.97 Å². The van der Waals surface area contributed by atoms with Crippen molar-refractivity contribution in [2.75, 3.05) is 12.4 Å². The summed E-state index contributed by atoms with van der Waals surface area (Å²) in [6, 6.07) is -0.456. The van der Waals surface area contributed by atoms with Crippen LogP contribution in [-0.4, -0.2) is 38.0 Å². The average molecular weight is 281 g/mol. The van der Waals surface area contributed by atoms with Crippen LogP contribution in [0.4, 0.5) is 10.7 Å². The molecule has 0 spiro atoms. The SMILES string of the molecule is COCc1noc(CNC(=O)Nc2nc(C)n(C)n2)n1. The van der Waals surface area contributed by atoms with Gasteiger partial charge >= 0.3 is 6.03 Å². The van der Waals surface area contributed by atoms with Crippen molar-refractivity contribution >= 4 is 12.0 Å². The minimum Gasteiger partial charge on any atom is -0.377 e. The molecular weight excluding hydrogens is 266 g/mol. The number of nitrogens with one attached hydrogen (secondary N) is 2. The van der Waals surface area contributed by atoms with E-state index in [1.165, 1.54) is 7.11 Å². The molecule has 0 aliphatic carbocycles. The largest absolute Gasteiger partial charge is 0.377 e. The predicted molar refractivity (Wildman–Crippen MR) is 66.6 cm³/mol. The first kappa shape index (κ1) is 13.9. The Labute approximate surface area is 114 Å². The van der Waals surface area contributed by atoms with E-state index in [-0.39, 0.29) is 25.0 Å². The Morgan fingerprint density at radius 3 is 2.90 bits per heavy atom. The van der Waals surface area contributed by atoms with E-state index in [4.69, 9.17) is 9.26 Å². The van der Waals surface area contributed by atoms with Gasteiger partial charge in [-0.1, -0.05) is 5.16 Å². The molecule has 0 bridgehead atoms. The van der Waals surface area contributed by atoms with E-state index >= 15 is 0 Å². The van der Waals surface area contributed by atoms with E-state index in [2.05, 4.69) is 30.9 Å². The zero-order chi connectivity index (χ0) is 14.5. The molecule has 20 heavy (non-hydrogen) atoms. The molecule has 2 heterocycles. The summed E-state index contributed by atoms with van der Waals surface area (Å²) in [5.41, 5.74) is 0. The molecule has 108 valence electrons. The van der Waals surface area contributed by atoms with Gasteiger partial charge in [-0.15, -0.1) is 5.10 Å². The molecule has 0 saturated carbocycles. The molecule has 2 amide bonds. The lowest BCUT2D eigenvalue weighted by atomic mass is 10.6. The van der Waals surface area contributed by atoms with Gasteiger partial charge in [-0.25, -0.2) is 4.79 Å². The molecule has 0 radical (unpaired) electrons. The van der Waals surface area contributed by atoms with Crippen molar-refractivity contribution in [3.8, 4) is 0 Å². The highest BCUT2D eigenvalue weighted by molar-refractivity contribution is 5.87. The molecular formula is C10H15N7O3. The highest BCUT2D eigenvalue weighted by Gasteiger charge is 2.10. The van der Waals surface area contributed by atoms with E-state index in [0.717, 1.165) is 0 Å². The van der Waals surface area contributed by atoms with Gasteiger partial charge in [0, 0.05) is 14.2 Å². The minimum absolute atomic E-state index is 0.106. The Kier molecular flexibility index (Phi) is 4.25. The van der Waals surface area contributed by atoms with Crippen molar-refractivity contribution in [3.63, 3.8) is 0 Å². The van der Waals surface area contributed by atoms with Gasteiger partial charge in [0.1, 0.15) is 12.4 Å². The van der Waals surface area contributed by atoms with Crippen LogP contribution >= 0.6 is 0 Å². The summed E-state index contributed by atoms with van der Waals surface area (Å²) in [5, 5.41) is 12.7. The van der Waals surface area contributed by atoms with Gasteiger partial charge in [0.05, 0.1) is 6.54 Å². The number of anilines is 1. The molecule has 0 atom stereocenters. The zero-order valence-electron chi connectivity index (χ0n) is 11.4. The molecule has 2 rings (SSSR count).